The highest BCUT2D eigenvalue weighted by molar-refractivity contribution is 7.47. The van der Waals surface area contributed by atoms with Gasteiger partial charge in [-0.05, 0) is 62.8 Å². The zero-order valence-electron chi connectivity index (χ0n) is 26.7. The van der Waals surface area contributed by atoms with E-state index in [1.165, 1.54) is 27.7 Å². The van der Waals surface area contributed by atoms with Crippen LogP contribution in [0.4, 0.5) is 0 Å². The summed E-state index contributed by atoms with van der Waals surface area (Å²) in [7, 11) is -5.85. The molecule has 0 spiro atoms. The second-order valence-electron chi connectivity index (χ2n) is 11.4. The summed E-state index contributed by atoms with van der Waals surface area (Å²) in [6, 6.07) is 0. The van der Waals surface area contributed by atoms with Crippen molar-refractivity contribution in [3.8, 4) is 0 Å². The fraction of sp³-hybridized carbons (Fsp3) is 0.625. The summed E-state index contributed by atoms with van der Waals surface area (Å²) in [6.45, 7) is 23.2. The number of rotatable bonds is 24. The SMILES string of the molecule is C=C(C)C(=O)C(CCCCCC)C(O)(OP(=O)(O)OC(O)(C(=O)C(=C)C)C(CCCCCC)C(=O)C(=C)C)C(=O)C(=C)C. The first kappa shape index (κ1) is 40.7. The average molecular weight is 627 g/mol. The van der Waals surface area contributed by atoms with Gasteiger partial charge < -0.3 is 15.1 Å². The maximum absolute atomic E-state index is 13.6. The van der Waals surface area contributed by atoms with Gasteiger partial charge in [-0.1, -0.05) is 91.5 Å². The summed E-state index contributed by atoms with van der Waals surface area (Å²) >= 11 is 0. The summed E-state index contributed by atoms with van der Waals surface area (Å²) in [5, 5.41) is 23.3. The number of phosphoric acid groups is 1. The van der Waals surface area contributed by atoms with Crippen molar-refractivity contribution < 1.29 is 47.9 Å². The number of aliphatic hydroxyl groups is 2. The van der Waals surface area contributed by atoms with E-state index in [0.29, 0.717) is 25.7 Å². The molecule has 0 fully saturated rings. The van der Waals surface area contributed by atoms with Crippen LogP contribution in [-0.2, 0) is 32.8 Å². The van der Waals surface area contributed by atoms with Crippen LogP contribution in [0.25, 0.3) is 0 Å². The summed E-state index contributed by atoms with van der Waals surface area (Å²) in [5.41, 5.74) is -0.733. The molecule has 0 amide bonds. The Bertz CT molecular complexity index is 1050. The van der Waals surface area contributed by atoms with E-state index in [0.717, 1.165) is 25.7 Å². The molecule has 0 radical (unpaired) electrons. The lowest BCUT2D eigenvalue weighted by atomic mass is 9.82. The lowest BCUT2D eigenvalue weighted by Gasteiger charge is -2.38. The Morgan fingerprint density at radius 1 is 0.628 bits per heavy atom. The molecule has 11 heteroatoms. The van der Waals surface area contributed by atoms with Crippen LogP contribution in [0.1, 0.15) is 106 Å². The maximum Gasteiger partial charge on any atom is 0.478 e. The fourth-order valence-electron chi connectivity index (χ4n) is 4.66. The van der Waals surface area contributed by atoms with Crippen LogP contribution in [0.3, 0.4) is 0 Å². The molecular formula is C32H51O10P. The molecule has 0 aliphatic rings. The molecule has 10 nitrogen and oxygen atoms in total. The van der Waals surface area contributed by atoms with Gasteiger partial charge in [0.05, 0.1) is 11.8 Å². The number of allylic oxidation sites excluding steroid dienone is 2. The molecule has 43 heavy (non-hydrogen) atoms. The van der Waals surface area contributed by atoms with Gasteiger partial charge >= 0.3 is 7.82 Å². The second-order valence-corrected chi connectivity index (χ2v) is 12.7. The standard InChI is InChI=1S/C32H51O10P/c1-11-13-15-17-19-25(27(33)21(3)4)31(37,29(35)23(7)8)41-43(39,40)42-32(38,30(36)24(9)10)26(28(34)22(5)6)20-18-16-14-12-2/h25-26,37-38H,3,5,7,9,11-20H2,1-2,4,6,8,10H3,(H,39,40). The van der Waals surface area contributed by atoms with E-state index in [4.69, 9.17) is 9.05 Å². The van der Waals surface area contributed by atoms with Crippen LogP contribution in [0.5, 0.6) is 0 Å². The van der Waals surface area contributed by atoms with Gasteiger partial charge in [0.25, 0.3) is 11.6 Å². The predicted octanol–water partition coefficient (Wildman–Crippen LogP) is 6.25. The molecule has 0 rings (SSSR count). The zero-order valence-corrected chi connectivity index (χ0v) is 27.6. The number of carbonyl (C=O) groups is 4. The Morgan fingerprint density at radius 3 is 1.16 bits per heavy atom. The Labute approximate surface area is 256 Å². The lowest BCUT2D eigenvalue weighted by molar-refractivity contribution is -0.216. The van der Waals surface area contributed by atoms with Gasteiger partial charge in [-0.25, -0.2) is 13.6 Å². The smallest absolute Gasteiger partial charge is 0.358 e. The highest BCUT2D eigenvalue weighted by atomic mass is 31.2. The molecule has 4 atom stereocenters. The number of Topliss-reactive ketones (excluding diaryl/α,β-unsaturated/α-hetero) is 4. The Balaban J connectivity index is 7.01. The van der Waals surface area contributed by atoms with Crippen LogP contribution in [-0.4, -0.2) is 49.8 Å². The Morgan fingerprint density at radius 2 is 0.930 bits per heavy atom. The van der Waals surface area contributed by atoms with Crippen LogP contribution < -0.4 is 0 Å². The summed E-state index contributed by atoms with van der Waals surface area (Å²) < 4.78 is 23.8. The third-order valence-corrected chi connectivity index (χ3v) is 8.06. The first-order chi connectivity index (χ1) is 19.7. The van der Waals surface area contributed by atoms with Gasteiger partial charge in [0.1, 0.15) is 0 Å². The van der Waals surface area contributed by atoms with Crippen molar-refractivity contribution in [2.45, 2.75) is 117 Å². The van der Waals surface area contributed by atoms with Crippen LogP contribution >= 0.6 is 7.82 Å². The van der Waals surface area contributed by atoms with Crippen molar-refractivity contribution in [1.82, 2.24) is 0 Å². The van der Waals surface area contributed by atoms with E-state index in [1.807, 2.05) is 13.8 Å². The number of hydrogen-bond acceptors (Lipinski definition) is 9. The molecule has 0 aromatic heterocycles. The molecule has 0 saturated carbocycles. The first-order valence-corrected chi connectivity index (χ1v) is 16.2. The molecule has 0 aliphatic carbocycles. The van der Waals surface area contributed by atoms with Crippen molar-refractivity contribution in [2.75, 3.05) is 0 Å². The molecule has 0 heterocycles. The number of phosphoric ester groups is 1. The molecule has 0 saturated heterocycles. The minimum Gasteiger partial charge on any atom is -0.358 e. The van der Waals surface area contributed by atoms with E-state index < -0.39 is 54.4 Å². The minimum absolute atomic E-state index is 0.0566. The Kier molecular flexibility index (Phi) is 16.9. The fourth-order valence-corrected chi connectivity index (χ4v) is 5.82. The number of unbranched alkanes of at least 4 members (excludes halogenated alkanes) is 6. The van der Waals surface area contributed by atoms with Crippen LogP contribution in [0.15, 0.2) is 48.6 Å². The van der Waals surface area contributed by atoms with Gasteiger partial charge in [-0.3, -0.25) is 19.2 Å². The molecule has 0 aromatic carbocycles. The normalized spacial score (nSPS) is 17.0. The van der Waals surface area contributed by atoms with Crippen molar-refractivity contribution in [2.24, 2.45) is 11.8 Å². The van der Waals surface area contributed by atoms with E-state index in [-0.39, 0.29) is 35.1 Å². The maximum atomic E-state index is 13.6. The van der Waals surface area contributed by atoms with E-state index in [9.17, 15) is 38.8 Å². The molecule has 0 aliphatic heterocycles. The molecular weight excluding hydrogens is 575 g/mol. The molecule has 4 unspecified atom stereocenters. The van der Waals surface area contributed by atoms with E-state index in [2.05, 4.69) is 26.3 Å². The van der Waals surface area contributed by atoms with Crippen molar-refractivity contribution in [1.29, 1.82) is 0 Å². The van der Waals surface area contributed by atoms with E-state index in [1.54, 1.807) is 0 Å². The quantitative estimate of drug-likeness (QED) is 0.0483. The predicted molar refractivity (Wildman–Crippen MR) is 166 cm³/mol. The second kappa shape index (κ2) is 17.8. The molecule has 3 N–H and O–H groups in total. The Hall–Kier alpha value is -2.33. The van der Waals surface area contributed by atoms with Crippen LogP contribution in [0, 0.1) is 11.8 Å². The highest BCUT2D eigenvalue weighted by Gasteiger charge is 2.58. The largest absolute Gasteiger partial charge is 0.478 e. The van der Waals surface area contributed by atoms with Crippen LogP contribution in [0.2, 0.25) is 0 Å². The third-order valence-electron chi connectivity index (χ3n) is 7.05. The minimum atomic E-state index is -5.85. The van der Waals surface area contributed by atoms with Gasteiger partial charge in [-0.2, -0.15) is 0 Å². The van der Waals surface area contributed by atoms with Gasteiger partial charge in [0.15, 0.2) is 11.6 Å². The highest BCUT2D eigenvalue weighted by Crippen LogP contribution is 2.54. The van der Waals surface area contributed by atoms with Crippen molar-refractivity contribution >= 4 is 31.0 Å². The van der Waals surface area contributed by atoms with E-state index >= 15 is 0 Å². The molecule has 0 bridgehead atoms. The summed E-state index contributed by atoms with van der Waals surface area (Å²) in [5.74, 6) is -14.2. The summed E-state index contributed by atoms with van der Waals surface area (Å²) in [6.07, 6.45) is 4.93. The number of hydrogen-bond donors (Lipinski definition) is 3. The van der Waals surface area contributed by atoms with Gasteiger partial charge in [0, 0.05) is 0 Å². The number of ketones is 4. The average Bonchev–Trinajstić information content (AvgIpc) is 2.90. The third kappa shape index (κ3) is 11.6. The number of carbonyl (C=O) groups excluding carboxylic acids is 4. The van der Waals surface area contributed by atoms with Crippen molar-refractivity contribution in [3.05, 3.63) is 48.6 Å². The summed E-state index contributed by atoms with van der Waals surface area (Å²) in [4.78, 5) is 63.9. The topological polar surface area (TPSA) is 164 Å². The van der Waals surface area contributed by atoms with Gasteiger partial charge in [0.2, 0.25) is 11.6 Å². The van der Waals surface area contributed by atoms with Gasteiger partial charge in [-0.15, -0.1) is 0 Å². The first-order valence-electron chi connectivity index (χ1n) is 14.7. The zero-order chi connectivity index (χ0) is 33.8. The lowest BCUT2D eigenvalue weighted by Crippen LogP contribution is -2.54. The van der Waals surface area contributed by atoms with Crippen molar-refractivity contribution in [3.63, 3.8) is 0 Å². The monoisotopic (exact) mass is 626 g/mol. The molecule has 0 aromatic rings. The molecule has 244 valence electrons.